The van der Waals surface area contributed by atoms with Crippen molar-refractivity contribution in [2.24, 2.45) is 0 Å². The Balaban J connectivity index is 1.25. The van der Waals surface area contributed by atoms with E-state index in [9.17, 15) is 0 Å². The van der Waals surface area contributed by atoms with Crippen molar-refractivity contribution in [3.8, 4) is 10.7 Å². The third kappa shape index (κ3) is 3.66. The SMILES string of the molecule is Clc1cnc(N2CCCC2c2cc(-c3nccs3)no2)nc1Nc1cc(C2CC2)[nH]n1. The predicted molar refractivity (Wildman–Crippen MR) is 118 cm³/mol. The Hall–Kier alpha value is -2.98. The van der Waals surface area contributed by atoms with Gasteiger partial charge in [-0.15, -0.1) is 11.3 Å². The average Bonchev–Trinajstić information content (AvgIpc) is 3.29. The lowest BCUT2D eigenvalue weighted by molar-refractivity contribution is 0.362. The summed E-state index contributed by atoms with van der Waals surface area (Å²) < 4.78 is 5.67. The van der Waals surface area contributed by atoms with Crippen LogP contribution in [-0.4, -0.2) is 36.9 Å². The minimum atomic E-state index is 0.0158. The number of rotatable bonds is 6. The summed E-state index contributed by atoms with van der Waals surface area (Å²) in [5, 5.41) is 18.1. The van der Waals surface area contributed by atoms with E-state index in [1.165, 1.54) is 24.2 Å². The number of aromatic amines is 1. The molecule has 1 saturated heterocycles. The van der Waals surface area contributed by atoms with Gasteiger partial charge in [0.2, 0.25) is 5.95 Å². The van der Waals surface area contributed by atoms with E-state index < -0.39 is 0 Å². The molecule has 2 N–H and O–H groups in total. The second kappa shape index (κ2) is 7.61. The van der Waals surface area contributed by atoms with Gasteiger partial charge in [-0.1, -0.05) is 16.8 Å². The first-order valence-electron chi connectivity index (χ1n) is 10.2. The molecule has 0 amide bonds. The predicted octanol–water partition coefficient (Wildman–Crippen LogP) is 4.93. The number of aromatic nitrogens is 6. The highest BCUT2D eigenvalue weighted by Gasteiger charge is 2.32. The van der Waals surface area contributed by atoms with Gasteiger partial charge < -0.3 is 14.7 Å². The van der Waals surface area contributed by atoms with E-state index in [4.69, 9.17) is 21.1 Å². The standard InChI is InChI=1S/C20H19ClN8OS/c21-12-10-23-20(25-18(12)24-17-9-13(26-27-17)11-3-4-11)29-6-1-2-15(29)16-8-14(28-30-16)19-22-5-7-31-19/h5,7-11,15H,1-4,6H2,(H2,23,24,25,26,27). The summed E-state index contributed by atoms with van der Waals surface area (Å²) in [6.07, 6.45) is 7.75. The number of thiazole rings is 1. The quantitative estimate of drug-likeness (QED) is 0.422. The molecule has 31 heavy (non-hydrogen) atoms. The van der Waals surface area contributed by atoms with Crippen LogP contribution >= 0.6 is 22.9 Å². The minimum absolute atomic E-state index is 0.0158. The molecule has 11 heteroatoms. The molecule has 0 radical (unpaired) electrons. The molecule has 1 unspecified atom stereocenters. The molecule has 1 aliphatic heterocycles. The molecular formula is C20H19ClN8OS. The molecule has 1 saturated carbocycles. The van der Waals surface area contributed by atoms with Crippen molar-refractivity contribution in [1.29, 1.82) is 0 Å². The summed E-state index contributed by atoms with van der Waals surface area (Å²) >= 11 is 7.91. The van der Waals surface area contributed by atoms with Gasteiger partial charge in [0.1, 0.15) is 15.7 Å². The van der Waals surface area contributed by atoms with Gasteiger partial charge in [0.25, 0.3) is 0 Å². The third-order valence-electron chi connectivity index (χ3n) is 5.61. The van der Waals surface area contributed by atoms with Crippen molar-refractivity contribution < 1.29 is 4.52 Å². The summed E-state index contributed by atoms with van der Waals surface area (Å²) in [4.78, 5) is 15.6. The van der Waals surface area contributed by atoms with Gasteiger partial charge in [-0.05, 0) is 25.7 Å². The third-order valence-corrected chi connectivity index (χ3v) is 6.68. The lowest BCUT2D eigenvalue weighted by Crippen LogP contribution is -2.24. The topological polar surface area (TPSA) is 109 Å². The van der Waals surface area contributed by atoms with Crippen LogP contribution in [0.25, 0.3) is 10.7 Å². The van der Waals surface area contributed by atoms with Crippen LogP contribution in [0.1, 0.15) is 49.1 Å². The Labute approximate surface area is 186 Å². The van der Waals surface area contributed by atoms with E-state index in [-0.39, 0.29) is 6.04 Å². The van der Waals surface area contributed by atoms with Gasteiger partial charge >= 0.3 is 0 Å². The second-order valence-corrected chi connectivity index (χ2v) is 9.08. The monoisotopic (exact) mass is 454 g/mol. The Bertz CT molecular complexity index is 1200. The van der Waals surface area contributed by atoms with E-state index >= 15 is 0 Å². The fourth-order valence-electron chi connectivity index (χ4n) is 3.91. The molecule has 6 rings (SSSR count). The Kier molecular flexibility index (Phi) is 4.61. The maximum absolute atomic E-state index is 6.37. The summed E-state index contributed by atoms with van der Waals surface area (Å²) in [6, 6.07) is 3.99. The van der Waals surface area contributed by atoms with Crippen LogP contribution in [0.15, 0.2) is 34.4 Å². The van der Waals surface area contributed by atoms with Crippen LogP contribution in [0.3, 0.4) is 0 Å². The largest absolute Gasteiger partial charge is 0.358 e. The minimum Gasteiger partial charge on any atom is -0.358 e. The number of nitrogens with zero attached hydrogens (tertiary/aromatic N) is 6. The highest BCUT2D eigenvalue weighted by molar-refractivity contribution is 7.13. The molecule has 4 aromatic rings. The second-order valence-electron chi connectivity index (χ2n) is 7.78. The van der Waals surface area contributed by atoms with Gasteiger partial charge in [-0.2, -0.15) is 10.1 Å². The van der Waals surface area contributed by atoms with Crippen LogP contribution in [0.5, 0.6) is 0 Å². The highest BCUT2D eigenvalue weighted by Crippen LogP contribution is 2.40. The molecule has 1 aliphatic carbocycles. The summed E-state index contributed by atoms with van der Waals surface area (Å²) in [5.41, 5.74) is 1.90. The number of halogens is 1. The van der Waals surface area contributed by atoms with Gasteiger partial charge in [-0.3, -0.25) is 5.10 Å². The first kappa shape index (κ1) is 18.8. The Morgan fingerprint density at radius 2 is 2.16 bits per heavy atom. The highest BCUT2D eigenvalue weighted by atomic mass is 35.5. The zero-order valence-electron chi connectivity index (χ0n) is 16.5. The summed E-state index contributed by atoms with van der Waals surface area (Å²) in [5.74, 6) is 3.22. The van der Waals surface area contributed by atoms with Gasteiger partial charge in [0.15, 0.2) is 17.4 Å². The first-order chi connectivity index (χ1) is 15.2. The number of nitrogens with one attached hydrogen (secondary N) is 2. The smallest absolute Gasteiger partial charge is 0.228 e. The van der Waals surface area contributed by atoms with Crippen molar-refractivity contribution in [3.05, 3.63) is 46.4 Å². The number of H-pyrrole nitrogens is 1. The van der Waals surface area contributed by atoms with Crippen LogP contribution < -0.4 is 10.2 Å². The fourth-order valence-corrected chi connectivity index (χ4v) is 4.64. The molecule has 4 aromatic heterocycles. The zero-order chi connectivity index (χ0) is 20.8. The van der Waals surface area contributed by atoms with E-state index in [2.05, 4.69) is 35.5 Å². The van der Waals surface area contributed by atoms with Crippen molar-refractivity contribution >= 4 is 40.5 Å². The molecule has 2 aliphatic rings. The number of hydrogen-bond acceptors (Lipinski definition) is 9. The molecule has 0 bridgehead atoms. The van der Waals surface area contributed by atoms with Gasteiger partial charge in [-0.25, -0.2) is 9.97 Å². The fraction of sp³-hybridized carbons (Fsp3) is 0.350. The van der Waals surface area contributed by atoms with Gasteiger partial charge in [0, 0.05) is 41.9 Å². The average molecular weight is 455 g/mol. The van der Waals surface area contributed by atoms with Crippen LogP contribution in [0, 0.1) is 0 Å². The Morgan fingerprint density at radius 3 is 3.00 bits per heavy atom. The summed E-state index contributed by atoms with van der Waals surface area (Å²) in [7, 11) is 0. The molecule has 0 aromatic carbocycles. The molecule has 158 valence electrons. The maximum atomic E-state index is 6.37. The van der Waals surface area contributed by atoms with Gasteiger partial charge in [0.05, 0.1) is 12.2 Å². The lowest BCUT2D eigenvalue weighted by atomic mass is 10.1. The Morgan fingerprint density at radius 1 is 1.23 bits per heavy atom. The van der Waals surface area contributed by atoms with Crippen molar-refractivity contribution in [1.82, 2.24) is 30.3 Å². The molecule has 2 fully saturated rings. The van der Waals surface area contributed by atoms with E-state index in [1.807, 2.05) is 17.5 Å². The first-order valence-corrected chi connectivity index (χ1v) is 11.5. The van der Waals surface area contributed by atoms with Crippen molar-refractivity contribution in [3.63, 3.8) is 0 Å². The molecule has 0 spiro atoms. The summed E-state index contributed by atoms with van der Waals surface area (Å²) in [6.45, 7) is 0.827. The van der Waals surface area contributed by atoms with E-state index in [0.717, 1.165) is 41.5 Å². The zero-order valence-corrected chi connectivity index (χ0v) is 18.0. The normalized spacial score (nSPS) is 18.6. The van der Waals surface area contributed by atoms with Crippen molar-refractivity contribution in [2.45, 2.75) is 37.6 Å². The van der Waals surface area contributed by atoms with E-state index in [1.54, 1.807) is 12.4 Å². The van der Waals surface area contributed by atoms with Crippen LogP contribution in [-0.2, 0) is 0 Å². The number of hydrogen-bond donors (Lipinski definition) is 2. The van der Waals surface area contributed by atoms with Crippen LogP contribution in [0.2, 0.25) is 5.02 Å². The molecule has 5 heterocycles. The van der Waals surface area contributed by atoms with Crippen molar-refractivity contribution in [2.75, 3.05) is 16.8 Å². The number of anilines is 3. The lowest BCUT2D eigenvalue weighted by Gasteiger charge is -2.23. The molecular weight excluding hydrogens is 436 g/mol. The maximum Gasteiger partial charge on any atom is 0.228 e. The molecule has 9 nitrogen and oxygen atoms in total. The van der Waals surface area contributed by atoms with E-state index in [0.29, 0.717) is 28.5 Å². The van der Waals surface area contributed by atoms with Crippen LogP contribution in [0.4, 0.5) is 17.6 Å². The molecule has 1 atom stereocenters.